The molecule has 3 unspecified atom stereocenters. The molecule has 36 heavy (non-hydrogen) atoms. The highest BCUT2D eigenvalue weighted by atomic mass is 32.1. The molecule has 2 aromatic carbocycles. The molecule has 2 heterocycles. The van der Waals surface area contributed by atoms with Crippen LogP contribution >= 0.6 is 11.3 Å². The van der Waals surface area contributed by atoms with Crippen molar-refractivity contribution in [2.75, 3.05) is 32.5 Å². The number of ketones is 1. The maximum atomic E-state index is 14.0. The van der Waals surface area contributed by atoms with Crippen molar-refractivity contribution in [2.24, 2.45) is 11.5 Å². The van der Waals surface area contributed by atoms with E-state index in [1.165, 1.54) is 11.3 Å². The van der Waals surface area contributed by atoms with Gasteiger partial charge in [0, 0.05) is 29.2 Å². The van der Waals surface area contributed by atoms with Crippen LogP contribution in [0.1, 0.15) is 57.7 Å². The van der Waals surface area contributed by atoms with Crippen molar-refractivity contribution in [1.82, 2.24) is 10.2 Å². The van der Waals surface area contributed by atoms with E-state index in [1.54, 1.807) is 12.1 Å². The molecule has 1 aromatic heterocycles. The van der Waals surface area contributed by atoms with Crippen molar-refractivity contribution in [3.8, 4) is 5.75 Å². The maximum Gasteiger partial charge on any atom is 0.262 e. The summed E-state index contributed by atoms with van der Waals surface area (Å²) >= 11 is 1.28. The molecule has 0 saturated carbocycles. The Hall–Kier alpha value is -2.98. The SMILES string of the molecule is CCOc1ccc(C2(N)C(=O)C(N)c3c(C(=O)NC4CCCN(C)C4)sc4c(N)ccc2c34)c(C)c1. The molecule has 2 aliphatic rings. The molecule has 0 spiro atoms. The van der Waals surface area contributed by atoms with Gasteiger partial charge in [-0.25, -0.2) is 0 Å². The van der Waals surface area contributed by atoms with E-state index in [-0.39, 0.29) is 17.7 Å². The first-order chi connectivity index (χ1) is 17.2. The number of anilines is 1. The molecule has 0 radical (unpaired) electrons. The summed E-state index contributed by atoms with van der Waals surface area (Å²) in [5.74, 6) is 0.140. The minimum atomic E-state index is -1.48. The fraction of sp³-hybridized carbons (Fsp3) is 0.407. The molecular formula is C27H33N5O3S. The summed E-state index contributed by atoms with van der Waals surface area (Å²) in [7, 11) is 2.05. The van der Waals surface area contributed by atoms with Gasteiger partial charge < -0.3 is 32.2 Å². The summed E-state index contributed by atoms with van der Waals surface area (Å²) in [6.45, 7) is 6.16. The van der Waals surface area contributed by atoms with E-state index in [4.69, 9.17) is 21.9 Å². The van der Waals surface area contributed by atoms with Gasteiger partial charge in [-0.05, 0) is 75.2 Å². The van der Waals surface area contributed by atoms with Crippen LogP contribution in [0.2, 0.25) is 0 Å². The number of likely N-dealkylation sites (N-methyl/N-ethyl adjacent to an activating group) is 1. The van der Waals surface area contributed by atoms with Gasteiger partial charge >= 0.3 is 0 Å². The Morgan fingerprint density at radius 2 is 2.03 bits per heavy atom. The zero-order valence-electron chi connectivity index (χ0n) is 20.9. The second-order valence-electron chi connectivity index (χ2n) is 9.89. The van der Waals surface area contributed by atoms with Gasteiger partial charge in [-0.15, -0.1) is 11.3 Å². The Labute approximate surface area is 214 Å². The monoisotopic (exact) mass is 507 g/mol. The molecule has 5 rings (SSSR count). The predicted molar refractivity (Wildman–Crippen MR) is 143 cm³/mol. The Bertz CT molecular complexity index is 1370. The first-order valence-electron chi connectivity index (χ1n) is 12.3. The smallest absolute Gasteiger partial charge is 0.262 e. The number of aryl methyl sites for hydroxylation is 1. The van der Waals surface area contributed by atoms with E-state index in [2.05, 4.69) is 10.2 Å². The molecule has 1 amide bonds. The lowest BCUT2D eigenvalue weighted by molar-refractivity contribution is -0.124. The van der Waals surface area contributed by atoms with Crippen molar-refractivity contribution in [2.45, 2.75) is 44.3 Å². The number of Topliss-reactive ketones (excluding diaryl/α,β-unsaturated/α-hetero) is 1. The van der Waals surface area contributed by atoms with Crippen LogP contribution in [0.4, 0.5) is 5.69 Å². The summed E-state index contributed by atoms with van der Waals surface area (Å²) in [6, 6.07) is 8.06. The van der Waals surface area contributed by atoms with Crippen molar-refractivity contribution in [3.05, 3.63) is 57.5 Å². The van der Waals surface area contributed by atoms with Gasteiger partial charge in [0.25, 0.3) is 5.91 Å². The van der Waals surface area contributed by atoms with Crippen molar-refractivity contribution < 1.29 is 14.3 Å². The number of likely N-dealkylation sites (tertiary alicyclic amines) is 1. The van der Waals surface area contributed by atoms with Gasteiger partial charge in [0.2, 0.25) is 0 Å². The second kappa shape index (κ2) is 9.15. The Balaban J connectivity index is 1.65. The molecule has 8 nitrogen and oxygen atoms in total. The fourth-order valence-corrected chi connectivity index (χ4v) is 6.90. The van der Waals surface area contributed by atoms with E-state index >= 15 is 0 Å². The summed E-state index contributed by atoms with van der Waals surface area (Å²) in [5, 5.41) is 3.87. The van der Waals surface area contributed by atoms with Crippen LogP contribution < -0.4 is 27.3 Å². The first-order valence-corrected chi connectivity index (χ1v) is 13.2. The van der Waals surface area contributed by atoms with Crippen molar-refractivity contribution in [1.29, 1.82) is 0 Å². The van der Waals surface area contributed by atoms with Crippen LogP contribution in [0.15, 0.2) is 30.3 Å². The predicted octanol–water partition coefficient (Wildman–Crippen LogP) is 2.80. The summed E-state index contributed by atoms with van der Waals surface area (Å²) < 4.78 is 6.36. The van der Waals surface area contributed by atoms with Crippen LogP contribution in [-0.2, 0) is 10.3 Å². The van der Waals surface area contributed by atoms with E-state index in [9.17, 15) is 9.59 Å². The number of carbonyl (C=O) groups excluding carboxylic acids is 2. The number of nitrogens with one attached hydrogen (secondary N) is 1. The number of nitrogens with two attached hydrogens (primary N) is 3. The highest BCUT2D eigenvalue weighted by Gasteiger charge is 2.49. The first kappa shape index (κ1) is 24.7. The van der Waals surface area contributed by atoms with E-state index in [1.807, 2.05) is 39.1 Å². The molecule has 9 heteroatoms. The minimum Gasteiger partial charge on any atom is -0.494 e. The molecule has 3 atom stereocenters. The van der Waals surface area contributed by atoms with E-state index < -0.39 is 11.6 Å². The number of carbonyl (C=O) groups is 2. The number of hydrogen-bond donors (Lipinski definition) is 4. The largest absolute Gasteiger partial charge is 0.494 e. The molecule has 190 valence electrons. The quantitative estimate of drug-likeness (QED) is 0.390. The molecular weight excluding hydrogens is 474 g/mol. The van der Waals surface area contributed by atoms with Crippen LogP contribution in [0.3, 0.4) is 0 Å². The third-order valence-electron chi connectivity index (χ3n) is 7.41. The van der Waals surface area contributed by atoms with Gasteiger partial charge in [-0.3, -0.25) is 9.59 Å². The number of rotatable bonds is 5. The minimum absolute atomic E-state index is 0.0427. The normalized spacial score (nSPS) is 24.2. The van der Waals surface area contributed by atoms with Crippen LogP contribution in [-0.4, -0.2) is 49.4 Å². The zero-order valence-corrected chi connectivity index (χ0v) is 21.7. The van der Waals surface area contributed by atoms with Gasteiger partial charge in [0.1, 0.15) is 11.3 Å². The van der Waals surface area contributed by atoms with Gasteiger partial charge in [0.05, 0.1) is 22.2 Å². The van der Waals surface area contributed by atoms with E-state index in [0.29, 0.717) is 45.0 Å². The summed E-state index contributed by atoms with van der Waals surface area (Å²) in [5.41, 5.74) is 21.6. The lowest BCUT2D eigenvalue weighted by Crippen LogP contribution is -2.53. The van der Waals surface area contributed by atoms with Crippen LogP contribution in [0.25, 0.3) is 10.1 Å². The summed E-state index contributed by atoms with van der Waals surface area (Å²) in [4.78, 5) is 30.1. The molecule has 1 saturated heterocycles. The van der Waals surface area contributed by atoms with E-state index in [0.717, 1.165) is 36.2 Å². The fourth-order valence-electron chi connectivity index (χ4n) is 5.70. The number of piperidine rings is 1. The third kappa shape index (κ3) is 3.78. The van der Waals surface area contributed by atoms with Crippen LogP contribution in [0.5, 0.6) is 5.75 Å². The van der Waals surface area contributed by atoms with Crippen LogP contribution in [0, 0.1) is 6.92 Å². The number of nitrogen functional groups attached to an aromatic ring is 1. The lowest BCUT2D eigenvalue weighted by atomic mass is 9.69. The number of nitrogens with zero attached hydrogens (tertiary/aromatic N) is 1. The Morgan fingerprint density at radius 1 is 1.28 bits per heavy atom. The van der Waals surface area contributed by atoms with Gasteiger partial charge in [-0.1, -0.05) is 12.1 Å². The number of hydrogen-bond acceptors (Lipinski definition) is 8. The maximum absolute atomic E-state index is 14.0. The topological polar surface area (TPSA) is 137 Å². The molecule has 3 aromatic rings. The molecule has 1 aliphatic carbocycles. The highest BCUT2D eigenvalue weighted by Crippen LogP contribution is 2.50. The molecule has 7 N–H and O–H groups in total. The molecule has 1 aliphatic heterocycles. The number of amides is 1. The third-order valence-corrected chi connectivity index (χ3v) is 8.67. The van der Waals surface area contributed by atoms with Gasteiger partial charge in [0.15, 0.2) is 5.78 Å². The lowest BCUT2D eigenvalue weighted by Gasteiger charge is -2.37. The molecule has 0 bridgehead atoms. The standard InChI is InChI=1S/C27H33N5O3S/c1-4-35-16-7-8-17(14(2)12-16)27(30)18-9-10-19(28)23-20(18)21(22(29)25(27)33)24(36-23)26(34)31-15-6-5-11-32(3)13-15/h7-10,12,15,22H,4-6,11,13,28-30H2,1-3H3,(H,31,34). The molecule has 1 fully saturated rings. The Kier molecular flexibility index (Phi) is 6.28. The van der Waals surface area contributed by atoms with Gasteiger partial charge in [-0.2, -0.15) is 0 Å². The summed E-state index contributed by atoms with van der Waals surface area (Å²) in [6.07, 6.45) is 1.94. The zero-order chi connectivity index (χ0) is 25.8. The highest BCUT2D eigenvalue weighted by molar-refractivity contribution is 7.21. The van der Waals surface area contributed by atoms with Crippen molar-refractivity contribution >= 4 is 38.8 Å². The Morgan fingerprint density at radius 3 is 2.72 bits per heavy atom. The number of thiophene rings is 1. The average molecular weight is 508 g/mol. The second-order valence-corrected chi connectivity index (χ2v) is 10.9. The van der Waals surface area contributed by atoms with Crippen molar-refractivity contribution in [3.63, 3.8) is 0 Å². The number of benzene rings is 2. The number of ether oxygens (including phenoxy) is 1. The average Bonchev–Trinajstić information content (AvgIpc) is 3.24.